The minimum absolute atomic E-state index is 0.644. The second-order valence-corrected chi connectivity index (χ2v) is 6.29. The van der Waals surface area contributed by atoms with E-state index in [2.05, 4.69) is 72.4 Å². The highest BCUT2D eigenvalue weighted by molar-refractivity contribution is 5.76. The van der Waals surface area contributed by atoms with Crippen LogP contribution < -0.4 is 0 Å². The fourth-order valence-corrected chi connectivity index (χ4v) is 2.34. The first-order valence-electron chi connectivity index (χ1n) is 8.05. The topological polar surface area (TPSA) is 0 Å². The number of unbranched alkanes of at least 4 members (excludes halogenated alkanes) is 1. The van der Waals surface area contributed by atoms with Crippen LogP contribution >= 0.6 is 0 Å². The first-order valence-corrected chi connectivity index (χ1v) is 8.05. The van der Waals surface area contributed by atoms with Crippen molar-refractivity contribution in [1.82, 2.24) is 0 Å². The summed E-state index contributed by atoms with van der Waals surface area (Å²) in [5, 5.41) is 0. The van der Waals surface area contributed by atoms with Gasteiger partial charge in [0, 0.05) is 0 Å². The number of rotatable bonds is 7. The molecule has 0 aromatic heterocycles. The molecule has 0 saturated carbocycles. The average Bonchev–Trinajstić information content (AvgIpc) is 2.49. The molecular formula is C23H29. The van der Waals surface area contributed by atoms with Crippen LogP contribution in [-0.4, -0.2) is 0 Å². The molecule has 1 aromatic carbocycles. The van der Waals surface area contributed by atoms with Crippen molar-refractivity contribution < 1.29 is 0 Å². The van der Waals surface area contributed by atoms with Gasteiger partial charge in [-0.25, -0.2) is 0 Å². The van der Waals surface area contributed by atoms with Gasteiger partial charge < -0.3 is 0 Å². The van der Waals surface area contributed by atoms with Crippen molar-refractivity contribution in [2.45, 2.75) is 38.5 Å². The van der Waals surface area contributed by atoms with E-state index in [1.54, 1.807) is 0 Å². The van der Waals surface area contributed by atoms with Gasteiger partial charge in [-0.05, 0) is 87.6 Å². The quantitative estimate of drug-likeness (QED) is 0.518. The second kappa shape index (κ2) is 8.34. The molecule has 1 rings (SSSR count). The largest absolute Gasteiger partial charge is 0.0911 e. The van der Waals surface area contributed by atoms with E-state index < -0.39 is 5.41 Å². The summed E-state index contributed by atoms with van der Waals surface area (Å²) in [6.07, 6.45) is 9.09. The molecule has 23 heavy (non-hydrogen) atoms. The molecule has 0 fully saturated rings. The lowest BCUT2D eigenvalue weighted by Crippen LogP contribution is -2.14. The van der Waals surface area contributed by atoms with Crippen LogP contribution in [0.1, 0.15) is 48.9 Å². The minimum atomic E-state index is -0.644. The van der Waals surface area contributed by atoms with E-state index in [1.165, 1.54) is 11.1 Å². The normalized spacial score (nSPS) is 12.9. The Bertz CT molecular complexity index is 604. The monoisotopic (exact) mass is 305 g/mol. The van der Waals surface area contributed by atoms with Crippen molar-refractivity contribution in [3.63, 3.8) is 0 Å². The zero-order chi connectivity index (χ0) is 17.6. The van der Waals surface area contributed by atoms with Gasteiger partial charge in [-0.3, -0.25) is 0 Å². The maximum atomic E-state index is 4.25. The van der Waals surface area contributed by atoms with Crippen molar-refractivity contribution in [2.24, 2.45) is 0 Å². The molecule has 1 aromatic rings. The third-order valence-electron chi connectivity index (χ3n) is 3.98. The van der Waals surface area contributed by atoms with Gasteiger partial charge in [0.15, 0.2) is 0 Å². The molecule has 0 bridgehead atoms. The van der Waals surface area contributed by atoms with E-state index in [0.29, 0.717) is 0 Å². The Balaban J connectivity index is 3.36. The van der Waals surface area contributed by atoms with Crippen molar-refractivity contribution >= 4 is 5.57 Å². The van der Waals surface area contributed by atoms with Gasteiger partial charge in [0.2, 0.25) is 0 Å². The molecule has 0 saturated heterocycles. The SMILES string of the molecule is [CH2]CCCc1c([CH2])cc(C([CH2])([CH2])[CH2])cc1C(=C)/C=C/C(C)=C/C. The maximum Gasteiger partial charge on any atom is -0.00457 e. The third-order valence-corrected chi connectivity index (χ3v) is 3.98. The number of hydrogen-bond donors (Lipinski definition) is 0. The first kappa shape index (κ1) is 19.5. The lowest BCUT2D eigenvalue weighted by Gasteiger charge is -2.23. The van der Waals surface area contributed by atoms with E-state index in [0.717, 1.165) is 41.5 Å². The second-order valence-electron chi connectivity index (χ2n) is 6.29. The molecule has 0 aliphatic carbocycles. The Morgan fingerprint density at radius 1 is 1.17 bits per heavy atom. The molecule has 0 atom stereocenters. The Labute approximate surface area is 144 Å². The highest BCUT2D eigenvalue weighted by atomic mass is 14.2. The average molecular weight is 305 g/mol. The highest BCUT2D eigenvalue weighted by Crippen LogP contribution is 2.31. The Kier molecular flexibility index (Phi) is 7.06. The van der Waals surface area contributed by atoms with Crippen LogP contribution in [0.25, 0.3) is 5.57 Å². The summed E-state index contributed by atoms with van der Waals surface area (Å²) in [5.41, 5.74) is 5.86. The zero-order valence-corrected chi connectivity index (χ0v) is 14.8. The van der Waals surface area contributed by atoms with Crippen LogP contribution in [0.3, 0.4) is 0 Å². The van der Waals surface area contributed by atoms with Gasteiger partial charge in [-0.2, -0.15) is 0 Å². The molecule has 0 nitrogen and oxygen atoms in total. The molecule has 121 valence electrons. The van der Waals surface area contributed by atoms with Gasteiger partial charge in [0.25, 0.3) is 0 Å². The molecular weight excluding hydrogens is 276 g/mol. The van der Waals surface area contributed by atoms with E-state index in [-0.39, 0.29) is 0 Å². The summed E-state index contributed by atoms with van der Waals surface area (Å²) in [4.78, 5) is 0. The standard InChI is InChI=1S/C23H29/c1-9-11-12-21-19(5)15-20(23(6,7)8)16-22(21)18(4)14-13-17(3)10-2/h10,13-16H,1,4-9,11-12H2,2-3H3/b14-13+,17-10+. The Hall–Kier alpha value is -1.56. The van der Waals surface area contributed by atoms with Crippen LogP contribution in [0.5, 0.6) is 0 Å². The van der Waals surface area contributed by atoms with Crippen LogP contribution in [0.2, 0.25) is 0 Å². The number of allylic oxidation sites excluding steroid dienone is 5. The molecule has 5 radical (unpaired) electrons. The lowest BCUT2D eigenvalue weighted by atomic mass is 9.81. The molecule has 0 spiro atoms. The van der Waals surface area contributed by atoms with Crippen LogP contribution in [-0.2, 0) is 11.8 Å². The third kappa shape index (κ3) is 5.53. The molecule has 0 N–H and O–H groups in total. The highest BCUT2D eigenvalue weighted by Gasteiger charge is 2.18. The minimum Gasteiger partial charge on any atom is -0.0911 e. The van der Waals surface area contributed by atoms with Crippen molar-refractivity contribution in [2.75, 3.05) is 0 Å². The lowest BCUT2D eigenvalue weighted by molar-refractivity contribution is 0.819. The van der Waals surface area contributed by atoms with E-state index in [9.17, 15) is 0 Å². The summed E-state index contributed by atoms with van der Waals surface area (Å²) in [7, 11) is 0. The van der Waals surface area contributed by atoms with E-state index >= 15 is 0 Å². The fraction of sp³-hybridized carbons (Fsp3) is 0.261. The number of benzene rings is 1. The van der Waals surface area contributed by atoms with Gasteiger partial charge >= 0.3 is 0 Å². The first-order chi connectivity index (χ1) is 10.7. The summed E-state index contributed by atoms with van der Waals surface area (Å²) in [5.74, 6) is 0. The molecule has 0 amide bonds. The van der Waals surface area contributed by atoms with Gasteiger partial charge in [-0.1, -0.05) is 55.9 Å². The van der Waals surface area contributed by atoms with Crippen molar-refractivity contribution in [3.8, 4) is 0 Å². The zero-order valence-electron chi connectivity index (χ0n) is 14.8. The molecule has 0 heteroatoms. The Morgan fingerprint density at radius 2 is 1.83 bits per heavy atom. The molecule has 0 aliphatic rings. The Morgan fingerprint density at radius 3 is 2.35 bits per heavy atom. The van der Waals surface area contributed by atoms with Gasteiger partial charge in [0.1, 0.15) is 0 Å². The molecule has 0 aliphatic heterocycles. The predicted octanol–water partition coefficient (Wildman–Crippen LogP) is 6.30. The maximum absolute atomic E-state index is 4.25. The number of hydrogen-bond acceptors (Lipinski definition) is 0. The van der Waals surface area contributed by atoms with Crippen molar-refractivity contribution in [1.29, 1.82) is 0 Å². The predicted molar refractivity (Wildman–Crippen MR) is 105 cm³/mol. The molecule has 0 heterocycles. The van der Waals surface area contributed by atoms with Crippen LogP contribution in [0.15, 0.2) is 42.5 Å². The van der Waals surface area contributed by atoms with E-state index in [4.69, 9.17) is 0 Å². The van der Waals surface area contributed by atoms with Crippen LogP contribution in [0, 0.1) is 34.6 Å². The summed E-state index contributed by atoms with van der Waals surface area (Å²) >= 11 is 0. The van der Waals surface area contributed by atoms with Gasteiger partial charge in [-0.15, -0.1) is 0 Å². The fourth-order valence-electron chi connectivity index (χ4n) is 2.34. The van der Waals surface area contributed by atoms with Crippen molar-refractivity contribution in [3.05, 3.63) is 99.4 Å². The summed E-state index contributed by atoms with van der Waals surface area (Å²) < 4.78 is 0. The molecule has 0 unspecified atom stereocenters. The van der Waals surface area contributed by atoms with Crippen LogP contribution in [0.4, 0.5) is 0 Å². The van der Waals surface area contributed by atoms with E-state index in [1.807, 2.05) is 13.0 Å². The smallest absolute Gasteiger partial charge is 0.00457 e. The summed E-state index contributed by atoms with van der Waals surface area (Å²) in [6, 6.07) is 4.15. The van der Waals surface area contributed by atoms with Gasteiger partial charge in [0.05, 0.1) is 0 Å². The summed E-state index contributed by atoms with van der Waals surface area (Å²) in [6.45, 7) is 28.6.